The lowest BCUT2D eigenvalue weighted by Crippen LogP contribution is -2.38. The van der Waals surface area contributed by atoms with Crippen LogP contribution < -0.4 is 14.4 Å². The van der Waals surface area contributed by atoms with Crippen molar-refractivity contribution in [3.05, 3.63) is 59.2 Å². The van der Waals surface area contributed by atoms with Gasteiger partial charge >= 0.3 is 0 Å². The first-order valence-corrected chi connectivity index (χ1v) is 17.8. The van der Waals surface area contributed by atoms with E-state index in [0.717, 1.165) is 88.9 Å². The van der Waals surface area contributed by atoms with Gasteiger partial charge in [0.15, 0.2) is 0 Å². The molecule has 6 nitrogen and oxygen atoms in total. The number of hydrogen-bond acceptors (Lipinski definition) is 5. The highest BCUT2D eigenvalue weighted by atomic mass is 32.2. The highest BCUT2D eigenvalue weighted by molar-refractivity contribution is 7.83. The Morgan fingerprint density at radius 2 is 1.91 bits per heavy atom. The summed E-state index contributed by atoms with van der Waals surface area (Å²) in [5.74, 6) is 1.71. The molecule has 1 heterocycles. The molecule has 1 aliphatic rings. The number of carbonyl (C=O) groups excluding carboxylic acids is 1. The Morgan fingerprint density at radius 3 is 2.67 bits per heavy atom. The Morgan fingerprint density at radius 1 is 1.09 bits per heavy atom. The number of nitrogens with one attached hydrogen (secondary N) is 1. The standard InChI is InChI=1S/C36H56N2O4S/c1-6-7-22-38-27-36(4,21-13-17-31-16-12-15-30(3)25-31)28-42-34-19-18-32(26-33(34)38)35(39)37-43(40)24-11-9-8-10-14-29(2)20-23-41-5/h12,15-16,18-19,25-26,29H,6-11,13-14,17,20-24,27-28H2,1-5H3,(H,37,39). The van der Waals surface area contributed by atoms with Gasteiger partial charge in [0.2, 0.25) is 0 Å². The molecule has 2 aromatic rings. The maximum Gasteiger partial charge on any atom is 0.263 e. The second-order valence-electron chi connectivity index (χ2n) is 13.0. The van der Waals surface area contributed by atoms with Crippen LogP contribution >= 0.6 is 0 Å². The molecule has 0 radical (unpaired) electrons. The number of rotatable bonds is 19. The second-order valence-corrected chi connectivity index (χ2v) is 14.3. The van der Waals surface area contributed by atoms with Crippen molar-refractivity contribution in [2.75, 3.05) is 44.1 Å². The minimum atomic E-state index is -1.38. The molecule has 43 heavy (non-hydrogen) atoms. The molecule has 7 heteroatoms. The molecule has 0 saturated heterocycles. The van der Waals surface area contributed by atoms with Crippen molar-refractivity contribution >= 4 is 22.6 Å². The van der Waals surface area contributed by atoms with Crippen molar-refractivity contribution in [2.24, 2.45) is 11.3 Å². The first-order valence-electron chi connectivity index (χ1n) is 16.5. The number of fused-ring (bicyclic) bond motifs is 1. The van der Waals surface area contributed by atoms with Crippen molar-refractivity contribution < 1.29 is 18.5 Å². The molecule has 0 spiro atoms. The van der Waals surface area contributed by atoms with Crippen LogP contribution in [0.5, 0.6) is 5.75 Å². The molecular weight excluding hydrogens is 556 g/mol. The SMILES string of the molecule is CCCCN1CC(C)(CCCc2cccc(C)c2)COc2ccc(C(=O)NS(=O)CCCCCCC(C)CCOC)cc21. The van der Waals surface area contributed by atoms with Crippen molar-refractivity contribution in [1.82, 2.24) is 4.72 Å². The van der Waals surface area contributed by atoms with E-state index in [1.165, 1.54) is 24.0 Å². The molecule has 3 unspecified atom stereocenters. The van der Waals surface area contributed by atoms with E-state index in [4.69, 9.17) is 9.47 Å². The van der Waals surface area contributed by atoms with E-state index in [9.17, 15) is 9.00 Å². The van der Waals surface area contributed by atoms with Crippen LogP contribution in [0.3, 0.4) is 0 Å². The molecule has 0 aliphatic carbocycles. The summed E-state index contributed by atoms with van der Waals surface area (Å²) in [7, 11) is 0.367. The van der Waals surface area contributed by atoms with Crippen LogP contribution in [-0.2, 0) is 22.1 Å². The predicted molar refractivity (Wildman–Crippen MR) is 180 cm³/mol. The van der Waals surface area contributed by atoms with Crippen LogP contribution in [0.2, 0.25) is 0 Å². The molecule has 0 bridgehead atoms. The largest absolute Gasteiger partial charge is 0.491 e. The molecule has 1 aliphatic heterocycles. The summed E-state index contributed by atoms with van der Waals surface area (Å²) in [5.41, 5.74) is 4.20. The van der Waals surface area contributed by atoms with Crippen molar-refractivity contribution in [3.8, 4) is 5.75 Å². The van der Waals surface area contributed by atoms with Gasteiger partial charge in [0, 0.05) is 43.5 Å². The number of ether oxygens (including phenoxy) is 2. The molecule has 3 rings (SSSR count). The van der Waals surface area contributed by atoms with Crippen molar-refractivity contribution in [3.63, 3.8) is 0 Å². The summed E-state index contributed by atoms with van der Waals surface area (Å²) in [6, 6.07) is 14.4. The summed E-state index contributed by atoms with van der Waals surface area (Å²) in [6.07, 6.45) is 11.9. The lowest BCUT2D eigenvalue weighted by molar-refractivity contribution is 0.0983. The predicted octanol–water partition coefficient (Wildman–Crippen LogP) is 8.04. The van der Waals surface area contributed by atoms with Crippen molar-refractivity contribution in [1.29, 1.82) is 0 Å². The fourth-order valence-corrected chi connectivity index (χ4v) is 6.81. The lowest BCUT2D eigenvalue weighted by Gasteiger charge is -2.33. The highest BCUT2D eigenvalue weighted by Gasteiger charge is 2.33. The average Bonchev–Trinajstić information content (AvgIpc) is 3.12. The van der Waals surface area contributed by atoms with Crippen molar-refractivity contribution in [2.45, 2.75) is 98.3 Å². The summed E-state index contributed by atoms with van der Waals surface area (Å²) in [5, 5.41) is 0. The van der Waals surface area contributed by atoms with Gasteiger partial charge in [-0.1, -0.05) is 82.7 Å². The number of amides is 1. The van der Waals surface area contributed by atoms with Gasteiger partial charge in [0.1, 0.15) is 16.7 Å². The van der Waals surface area contributed by atoms with E-state index >= 15 is 0 Å². The zero-order valence-corrected chi connectivity index (χ0v) is 28.2. The van der Waals surface area contributed by atoms with Crippen LogP contribution in [0.4, 0.5) is 5.69 Å². The van der Waals surface area contributed by atoms with Gasteiger partial charge in [0.05, 0.1) is 12.3 Å². The maximum absolute atomic E-state index is 13.1. The molecule has 1 amide bonds. The number of unbranched alkanes of at least 4 members (excludes halogenated alkanes) is 4. The van der Waals surface area contributed by atoms with E-state index in [1.807, 2.05) is 12.1 Å². The van der Waals surface area contributed by atoms with Gasteiger partial charge in [0.25, 0.3) is 5.91 Å². The topological polar surface area (TPSA) is 67.9 Å². The Bertz CT molecular complexity index is 1160. The normalized spacial score (nSPS) is 17.9. The lowest BCUT2D eigenvalue weighted by atomic mass is 9.84. The summed E-state index contributed by atoms with van der Waals surface area (Å²) in [4.78, 5) is 15.5. The first-order chi connectivity index (χ1) is 20.7. The number of aryl methyl sites for hydroxylation is 2. The van der Waals surface area contributed by atoms with Gasteiger partial charge in [-0.15, -0.1) is 0 Å². The van der Waals surface area contributed by atoms with Crippen LogP contribution in [0.25, 0.3) is 0 Å². The Balaban J connectivity index is 1.53. The first kappa shape index (κ1) is 35.1. The van der Waals surface area contributed by atoms with E-state index in [0.29, 0.717) is 23.8 Å². The molecule has 240 valence electrons. The second kappa shape index (κ2) is 18.4. The molecule has 0 saturated carbocycles. The fraction of sp³-hybridized carbons (Fsp3) is 0.639. The number of nitrogens with zero attached hydrogens (tertiary/aromatic N) is 1. The summed E-state index contributed by atoms with van der Waals surface area (Å²) in [6.45, 7) is 12.2. The van der Waals surface area contributed by atoms with Gasteiger partial charge in [-0.05, 0) is 75.1 Å². The van der Waals surface area contributed by atoms with E-state index < -0.39 is 11.0 Å². The van der Waals surface area contributed by atoms with Gasteiger partial charge in [-0.25, -0.2) is 4.21 Å². The molecule has 3 atom stereocenters. The number of hydrogen-bond donors (Lipinski definition) is 1. The quantitative estimate of drug-likeness (QED) is 0.163. The summed E-state index contributed by atoms with van der Waals surface area (Å²) >= 11 is 0. The number of methoxy groups -OCH3 is 1. The highest BCUT2D eigenvalue weighted by Crippen LogP contribution is 2.39. The number of anilines is 1. The fourth-order valence-electron chi connectivity index (χ4n) is 5.91. The number of carbonyl (C=O) groups is 1. The summed E-state index contributed by atoms with van der Waals surface area (Å²) < 4.78 is 27.0. The van der Waals surface area contributed by atoms with Gasteiger partial charge in [-0.3, -0.25) is 9.52 Å². The molecular formula is C36H56N2O4S. The van der Waals surface area contributed by atoms with Crippen LogP contribution in [0, 0.1) is 18.3 Å². The third-order valence-electron chi connectivity index (χ3n) is 8.62. The van der Waals surface area contributed by atoms with E-state index in [-0.39, 0.29) is 11.3 Å². The smallest absolute Gasteiger partial charge is 0.263 e. The average molecular weight is 613 g/mol. The Hall–Kier alpha value is -2.38. The molecule has 0 fully saturated rings. The monoisotopic (exact) mass is 612 g/mol. The third-order valence-corrected chi connectivity index (χ3v) is 9.69. The zero-order valence-electron chi connectivity index (χ0n) is 27.4. The van der Waals surface area contributed by atoms with Crippen LogP contribution in [-0.4, -0.2) is 49.3 Å². The van der Waals surface area contributed by atoms with E-state index in [1.54, 1.807) is 13.2 Å². The minimum absolute atomic E-state index is 0.00245. The Labute approximate surface area is 263 Å². The molecule has 1 N–H and O–H groups in total. The van der Waals surface area contributed by atoms with Crippen LogP contribution in [0.15, 0.2) is 42.5 Å². The van der Waals surface area contributed by atoms with Gasteiger partial charge < -0.3 is 14.4 Å². The molecule has 2 aromatic carbocycles. The Kier molecular flexibility index (Phi) is 15.0. The molecule has 0 aromatic heterocycles. The zero-order chi connectivity index (χ0) is 31.1. The van der Waals surface area contributed by atoms with Crippen LogP contribution in [0.1, 0.15) is 106 Å². The number of benzene rings is 2. The van der Waals surface area contributed by atoms with E-state index in [2.05, 4.69) is 61.6 Å². The minimum Gasteiger partial charge on any atom is -0.491 e. The maximum atomic E-state index is 13.1. The third kappa shape index (κ3) is 12.3. The van der Waals surface area contributed by atoms with Gasteiger partial charge in [-0.2, -0.15) is 0 Å².